The number of anilines is 1. The van der Waals surface area contributed by atoms with Crippen LogP contribution in [0.4, 0.5) is 5.69 Å². The van der Waals surface area contributed by atoms with E-state index in [1.807, 2.05) is 17.9 Å². The van der Waals surface area contributed by atoms with Gasteiger partial charge in [-0.1, -0.05) is 19.3 Å². The molecule has 0 radical (unpaired) electrons. The number of hydrogen-bond acceptors (Lipinski definition) is 4. The molecule has 1 unspecified atom stereocenters. The summed E-state index contributed by atoms with van der Waals surface area (Å²) >= 11 is 0. The molecule has 3 N–H and O–H groups in total. The molecule has 2 heterocycles. The van der Waals surface area contributed by atoms with Crippen LogP contribution in [0.15, 0.2) is 17.4 Å². The molecule has 1 aliphatic carbocycles. The molecular weight excluding hydrogens is 443 g/mol. The third-order valence-corrected chi connectivity index (χ3v) is 5.41. The Morgan fingerprint density at radius 3 is 2.77 bits per heavy atom. The number of guanidine groups is 1. The van der Waals surface area contributed by atoms with Gasteiger partial charge in [-0.15, -0.1) is 24.0 Å². The second kappa shape index (κ2) is 9.77. The van der Waals surface area contributed by atoms with Crippen LogP contribution in [0, 0.1) is 0 Å². The maximum absolute atomic E-state index is 10.7. The highest BCUT2D eigenvalue weighted by Crippen LogP contribution is 2.27. The van der Waals surface area contributed by atoms with E-state index in [2.05, 4.69) is 31.8 Å². The minimum absolute atomic E-state index is 0. The lowest BCUT2D eigenvalue weighted by molar-refractivity contribution is 0.00855. The summed E-state index contributed by atoms with van der Waals surface area (Å²) in [6.07, 6.45) is 11.5. The van der Waals surface area contributed by atoms with Crippen molar-refractivity contribution in [3.63, 3.8) is 0 Å². The molecular formula is C18H33IN6O. The number of nitrogens with zero attached hydrogens (tertiary/aromatic N) is 4. The van der Waals surface area contributed by atoms with E-state index in [-0.39, 0.29) is 24.0 Å². The average Bonchev–Trinajstić information content (AvgIpc) is 3.06. The Morgan fingerprint density at radius 1 is 1.35 bits per heavy atom. The van der Waals surface area contributed by atoms with Crippen LogP contribution >= 0.6 is 24.0 Å². The van der Waals surface area contributed by atoms with Gasteiger partial charge in [-0.05, 0) is 25.7 Å². The van der Waals surface area contributed by atoms with Gasteiger partial charge in [0.05, 0.1) is 17.5 Å². The van der Waals surface area contributed by atoms with E-state index in [0.717, 1.165) is 57.6 Å². The van der Waals surface area contributed by atoms with Crippen LogP contribution in [0.1, 0.15) is 44.9 Å². The van der Waals surface area contributed by atoms with Crippen molar-refractivity contribution in [3.05, 3.63) is 12.4 Å². The van der Waals surface area contributed by atoms with Crippen molar-refractivity contribution < 1.29 is 5.11 Å². The van der Waals surface area contributed by atoms with Crippen molar-refractivity contribution in [1.82, 2.24) is 20.4 Å². The highest BCUT2D eigenvalue weighted by Gasteiger charge is 2.29. The van der Waals surface area contributed by atoms with E-state index in [0.29, 0.717) is 12.6 Å². The number of piperidine rings is 1. The van der Waals surface area contributed by atoms with Gasteiger partial charge in [0.1, 0.15) is 0 Å². The highest BCUT2D eigenvalue weighted by molar-refractivity contribution is 14.0. The monoisotopic (exact) mass is 476 g/mol. The summed E-state index contributed by atoms with van der Waals surface area (Å²) in [6.45, 7) is 2.58. The van der Waals surface area contributed by atoms with E-state index in [9.17, 15) is 5.11 Å². The smallest absolute Gasteiger partial charge is 0.191 e. The zero-order valence-corrected chi connectivity index (χ0v) is 18.3. The normalized spacial score (nSPS) is 23.3. The first kappa shape index (κ1) is 21.3. The minimum atomic E-state index is -0.579. The molecule has 1 saturated carbocycles. The lowest BCUT2D eigenvalue weighted by Crippen LogP contribution is -2.54. The number of aliphatic imine (C=N–C) groups is 1. The Labute approximate surface area is 173 Å². The average molecular weight is 476 g/mol. The van der Waals surface area contributed by atoms with E-state index >= 15 is 0 Å². The maximum Gasteiger partial charge on any atom is 0.191 e. The summed E-state index contributed by atoms with van der Waals surface area (Å²) in [7, 11) is 3.74. The number of aliphatic hydroxyl groups is 1. The molecule has 26 heavy (non-hydrogen) atoms. The largest absolute Gasteiger partial charge is 0.388 e. The molecule has 7 nitrogen and oxygen atoms in total. The second-order valence-corrected chi connectivity index (χ2v) is 7.51. The maximum atomic E-state index is 10.7. The number of rotatable bonds is 4. The van der Waals surface area contributed by atoms with Gasteiger partial charge in [0.15, 0.2) is 5.96 Å². The van der Waals surface area contributed by atoms with Crippen LogP contribution in [-0.2, 0) is 7.05 Å². The van der Waals surface area contributed by atoms with Crippen molar-refractivity contribution >= 4 is 35.6 Å². The van der Waals surface area contributed by atoms with Crippen molar-refractivity contribution in [2.75, 3.05) is 31.6 Å². The molecule has 8 heteroatoms. The molecule has 1 aliphatic heterocycles. The van der Waals surface area contributed by atoms with E-state index < -0.39 is 5.60 Å². The van der Waals surface area contributed by atoms with Crippen molar-refractivity contribution in [2.45, 2.75) is 56.6 Å². The van der Waals surface area contributed by atoms with Crippen LogP contribution in [0.5, 0.6) is 0 Å². The number of nitrogens with one attached hydrogen (secondary N) is 2. The zero-order valence-electron chi connectivity index (χ0n) is 15.9. The van der Waals surface area contributed by atoms with Crippen molar-refractivity contribution in [2.24, 2.45) is 12.0 Å². The van der Waals surface area contributed by atoms with Gasteiger partial charge in [-0.25, -0.2) is 0 Å². The van der Waals surface area contributed by atoms with Gasteiger partial charge in [-0.2, -0.15) is 5.10 Å². The quantitative estimate of drug-likeness (QED) is 0.352. The predicted octanol–water partition coefficient (Wildman–Crippen LogP) is 1.87. The molecule has 2 fully saturated rings. The Balaban J connectivity index is 0.00000243. The van der Waals surface area contributed by atoms with Crippen LogP contribution < -0.4 is 15.5 Å². The van der Waals surface area contributed by atoms with Gasteiger partial charge in [0, 0.05) is 46.0 Å². The summed E-state index contributed by atoms with van der Waals surface area (Å²) in [5, 5.41) is 21.8. The lowest BCUT2D eigenvalue weighted by atomic mass is 9.85. The van der Waals surface area contributed by atoms with Gasteiger partial charge >= 0.3 is 0 Å². The SMILES string of the molecule is CN=C(NCC1(O)CCCCC1)NC1CCCN(c2cnn(C)c2)C1.I. The molecule has 148 valence electrons. The molecule has 0 bridgehead atoms. The number of aromatic nitrogens is 2. The Hall–Kier alpha value is -1.03. The lowest BCUT2D eigenvalue weighted by Gasteiger charge is -2.36. The van der Waals surface area contributed by atoms with Crippen LogP contribution in [0.3, 0.4) is 0 Å². The first-order valence-electron chi connectivity index (χ1n) is 9.51. The number of hydrogen-bond donors (Lipinski definition) is 3. The van der Waals surface area contributed by atoms with E-state index in [4.69, 9.17) is 0 Å². The molecule has 1 aromatic rings. The van der Waals surface area contributed by atoms with Gasteiger partial charge in [0.2, 0.25) is 0 Å². The molecule has 1 saturated heterocycles. The molecule has 1 atom stereocenters. The van der Waals surface area contributed by atoms with E-state index in [1.54, 1.807) is 7.05 Å². The fourth-order valence-electron chi connectivity index (χ4n) is 3.92. The molecule has 0 amide bonds. The topological polar surface area (TPSA) is 77.7 Å². The first-order valence-corrected chi connectivity index (χ1v) is 9.51. The summed E-state index contributed by atoms with van der Waals surface area (Å²) < 4.78 is 1.84. The molecule has 1 aromatic heterocycles. The summed E-state index contributed by atoms with van der Waals surface area (Å²) in [6, 6.07) is 0.348. The van der Waals surface area contributed by atoms with Crippen LogP contribution in [0.25, 0.3) is 0 Å². The van der Waals surface area contributed by atoms with Gasteiger partial charge in [0.25, 0.3) is 0 Å². The Bertz CT molecular complexity index is 584. The predicted molar refractivity (Wildman–Crippen MR) is 116 cm³/mol. The van der Waals surface area contributed by atoms with E-state index in [1.165, 1.54) is 12.1 Å². The molecule has 0 spiro atoms. The van der Waals surface area contributed by atoms with Crippen LogP contribution in [-0.4, -0.2) is 59.2 Å². The first-order chi connectivity index (χ1) is 12.1. The fourth-order valence-corrected chi connectivity index (χ4v) is 3.92. The third-order valence-electron chi connectivity index (χ3n) is 5.41. The molecule has 0 aromatic carbocycles. The fraction of sp³-hybridized carbons (Fsp3) is 0.778. The van der Waals surface area contributed by atoms with Crippen LogP contribution in [0.2, 0.25) is 0 Å². The number of halogens is 1. The number of aryl methyl sites for hydroxylation is 1. The Morgan fingerprint density at radius 2 is 2.12 bits per heavy atom. The second-order valence-electron chi connectivity index (χ2n) is 7.51. The summed E-state index contributed by atoms with van der Waals surface area (Å²) in [4.78, 5) is 6.72. The van der Waals surface area contributed by atoms with Gasteiger partial charge in [-0.3, -0.25) is 9.67 Å². The van der Waals surface area contributed by atoms with Crippen molar-refractivity contribution in [3.8, 4) is 0 Å². The van der Waals surface area contributed by atoms with Gasteiger partial charge < -0.3 is 20.6 Å². The third kappa shape index (κ3) is 5.73. The summed E-state index contributed by atoms with van der Waals surface area (Å²) in [5.41, 5.74) is 0.595. The van der Waals surface area contributed by atoms with Crippen molar-refractivity contribution in [1.29, 1.82) is 0 Å². The Kier molecular flexibility index (Phi) is 8.00. The zero-order chi connectivity index (χ0) is 17.7. The highest BCUT2D eigenvalue weighted by atomic mass is 127. The molecule has 2 aliphatic rings. The standard InChI is InChI=1S/C18H32N6O.HI/c1-19-17(20-14-18(25)8-4-3-5-9-18)22-15-7-6-10-24(12-15)16-11-21-23(2)13-16;/h11,13,15,25H,3-10,12,14H2,1-2H3,(H2,19,20,22);1H. The molecule has 3 rings (SSSR count). The summed E-state index contributed by atoms with van der Waals surface area (Å²) in [5.74, 6) is 0.789. The minimum Gasteiger partial charge on any atom is -0.388 e.